The second kappa shape index (κ2) is 5.06. The van der Waals surface area contributed by atoms with Gasteiger partial charge >= 0.3 is 0 Å². The molecule has 0 saturated carbocycles. The topological polar surface area (TPSA) is 26.3 Å². The molecule has 16 heavy (non-hydrogen) atoms. The summed E-state index contributed by atoms with van der Waals surface area (Å²) in [6, 6.07) is 4.40. The highest BCUT2D eigenvalue weighted by Crippen LogP contribution is 2.21. The maximum atomic E-state index is 13.4. The highest BCUT2D eigenvalue weighted by atomic mass is 79.9. The van der Waals surface area contributed by atoms with Gasteiger partial charge in [0.15, 0.2) is 5.78 Å². The van der Waals surface area contributed by atoms with Gasteiger partial charge in [0, 0.05) is 17.5 Å². The van der Waals surface area contributed by atoms with Gasteiger partial charge < -0.3 is 4.74 Å². The van der Waals surface area contributed by atoms with Crippen LogP contribution in [0.1, 0.15) is 29.6 Å². The van der Waals surface area contributed by atoms with Crippen molar-refractivity contribution in [2.24, 2.45) is 0 Å². The summed E-state index contributed by atoms with van der Waals surface area (Å²) < 4.78 is 19.5. The zero-order valence-electron chi connectivity index (χ0n) is 8.71. The molecule has 0 radical (unpaired) electrons. The normalized spacial score (nSPS) is 20.0. The van der Waals surface area contributed by atoms with Crippen molar-refractivity contribution in [2.45, 2.75) is 25.4 Å². The van der Waals surface area contributed by atoms with E-state index in [0.717, 1.165) is 12.8 Å². The van der Waals surface area contributed by atoms with Crippen molar-refractivity contribution >= 4 is 21.7 Å². The lowest BCUT2D eigenvalue weighted by Gasteiger charge is -2.08. The number of ether oxygens (including phenoxy) is 1. The lowest BCUT2D eigenvalue weighted by Crippen LogP contribution is -2.13. The Labute approximate surface area is 102 Å². The second-order valence-electron chi connectivity index (χ2n) is 3.89. The highest BCUT2D eigenvalue weighted by Gasteiger charge is 2.21. The highest BCUT2D eigenvalue weighted by molar-refractivity contribution is 9.10. The molecule has 1 saturated heterocycles. The van der Waals surface area contributed by atoms with E-state index in [-0.39, 0.29) is 23.9 Å². The number of carbonyl (C=O) groups excluding carboxylic acids is 1. The number of halogens is 2. The van der Waals surface area contributed by atoms with Gasteiger partial charge in [-0.2, -0.15) is 0 Å². The predicted molar refractivity (Wildman–Crippen MR) is 62.0 cm³/mol. The van der Waals surface area contributed by atoms with E-state index < -0.39 is 5.82 Å². The van der Waals surface area contributed by atoms with Crippen molar-refractivity contribution < 1.29 is 13.9 Å². The number of hydrogen-bond acceptors (Lipinski definition) is 2. The van der Waals surface area contributed by atoms with Gasteiger partial charge in [-0.1, -0.05) is 15.9 Å². The van der Waals surface area contributed by atoms with Crippen LogP contribution in [-0.4, -0.2) is 18.5 Å². The molecule has 2 nitrogen and oxygen atoms in total. The predicted octanol–water partition coefficient (Wildman–Crippen LogP) is 3.34. The SMILES string of the molecule is O=C(CC1CCCO1)c1cc(Br)ccc1F. The van der Waals surface area contributed by atoms with E-state index in [9.17, 15) is 9.18 Å². The van der Waals surface area contributed by atoms with Crippen LogP contribution in [0.15, 0.2) is 22.7 Å². The molecule has 1 atom stereocenters. The van der Waals surface area contributed by atoms with Crippen molar-refractivity contribution in [3.8, 4) is 0 Å². The average Bonchev–Trinajstić information content (AvgIpc) is 2.74. The first-order chi connectivity index (χ1) is 7.66. The summed E-state index contributed by atoms with van der Waals surface area (Å²) in [5, 5.41) is 0. The Morgan fingerprint density at radius 1 is 1.56 bits per heavy atom. The quantitative estimate of drug-likeness (QED) is 0.797. The van der Waals surface area contributed by atoms with Crippen LogP contribution in [0.4, 0.5) is 4.39 Å². The van der Waals surface area contributed by atoms with Gasteiger partial charge in [0.05, 0.1) is 11.7 Å². The van der Waals surface area contributed by atoms with Crippen molar-refractivity contribution in [2.75, 3.05) is 6.61 Å². The molecule has 0 spiro atoms. The molecule has 1 aromatic carbocycles. The fourth-order valence-electron chi connectivity index (χ4n) is 1.83. The summed E-state index contributed by atoms with van der Waals surface area (Å²) in [7, 11) is 0. The van der Waals surface area contributed by atoms with Gasteiger partial charge in [-0.3, -0.25) is 4.79 Å². The Hall–Kier alpha value is -0.740. The van der Waals surface area contributed by atoms with E-state index >= 15 is 0 Å². The van der Waals surface area contributed by atoms with Crippen LogP contribution in [0.3, 0.4) is 0 Å². The first kappa shape index (κ1) is 11.7. The van der Waals surface area contributed by atoms with E-state index in [4.69, 9.17) is 4.74 Å². The lowest BCUT2D eigenvalue weighted by atomic mass is 10.0. The number of benzene rings is 1. The summed E-state index contributed by atoms with van der Waals surface area (Å²) in [5.41, 5.74) is 0.143. The van der Waals surface area contributed by atoms with Crippen molar-refractivity contribution in [1.29, 1.82) is 0 Å². The monoisotopic (exact) mass is 286 g/mol. The average molecular weight is 287 g/mol. The Balaban J connectivity index is 2.10. The van der Waals surface area contributed by atoms with Crippen LogP contribution in [-0.2, 0) is 4.74 Å². The molecule has 1 aromatic rings. The van der Waals surface area contributed by atoms with Crippen LogP contribution >= 0.6 is 15.9 Å². The van der Waals surface area contributed by atoms with E-state index in [0.29, 0.717) is 11.1 Å². The largest absolute Gasteiger partial charge is 0.378 e. The Bertz CT molecular complexity index is 400. The molecule has 1 aliphatic heterocycles. The molecular weight excluding hydrogens is 275 g/mol. The zero-order chi connectivity index (χ0) is 11.5. The van der Waals surface area contributed by atoms with Gasteiger partial charge in [0.25, 0.3) is 0 Å². The number of Topliss-reactive ketones (excluding diaryl/α,β-unsaturated/α-hetero) is 1. The van der Waals surface area contributed by atoms with E-state index in [1.165, 1.54) is 12.1 Å². The molecule has 0 amide bonds. The van der Waals surface area contributed by atoms with Gasteiger partial charge in [0.1, 0.15) is 5.82 Å². The van der Waals surface area contributed by atoms with E-state index in [1.54, 1.807) is 6.07 Å². The molecular formula is C12H12BrFO2. The zero-order valence-corrected chi connectivity index (χ0v) is 10.3. The molecule has 0 aromatic heterocycles. The fraction of sp³-hybridized carbons (Fsp3) is 0.417. The molecule has 1 aliphatic rings. The second-order valence-corrected chi connectivity index (χ2v) is 4.80. The Morgan fingerprint density at radius 3 is 3.06 bits per heavy atom. The molecule has 0 N–H and O–H groups in total. The van der Waals surface area contributed by atoms with Crippen LogP contribution < -0.4 is 0 Å². The maximum absolute atomic E-state index is 13.4. The number of hydrogen-bond donors (Lipinski definition) is 0. The first-order valence-electron chi connectivity index (χ1n) is 5.26. The minimum Gasteiger partial charge on any atom is -0.378 e. The molecule has 1 unspecified atom stereocenters. The van der Waals surface area contributed by atoms with Gasteiger partial charge in [-0.05, 0) is 31.0 Å². The molecule has 86 valence electrons. The van der Waals surface area contributed by atoms with Crippen molar-refractivity contribution in [1.82, 2.24) is 0 Å². The van der Waals surface area contributed by atoms with Crippen LogP contribution in [0.25, 0.3) is 0 Å². The number of carbonyl (C=O) groups is 1. The Kier molecular flexibility index (Phi) is 3.71. The number of rotatable bonds is 3. The van der Waals surface area contributed by atoms with Crippen LogP contribution in [0.2, 0.25) is 0 Å². The van der Waals surface area contributed by atoms with Crippen molar-refractivity contribution in [3.63, 3.8) is 0 Å². The molecule has 0 bridgehead atoms. The van der Waals surface area contributed by atoms with Gasteiger partial charge in [-0.25, -0.2) is 4.39 Å². The third-order valence-electron chi connectivity index (χ3n) is 2.67. The molecule has 4 heteroatoms. The minimum atomic E-state index is -0.466. The summed E-state index contributed by atoms with van der Waals surface area (Å²) in [6.45, 7) is 0.707. The Morgan fingerprint density at radius 2 is 2.38 bits per heavy atom. The molecule has 0 aliphatic carbocycles. The molecule has 2 rings (SSSR count). The maximum Gasteiger partial charge on any atom is 0.168 e. The summed E-state index contributed by atoms with van der Waals surface area (Å²) in [5.74, 6) is -0.656. The third kappa shape index (κ3) is 2.68. The third-order valence-corrected chi connectivity index (χ3v) is 3.16. The molecule has 1 fully saturated rings. The van der Waals surface area contributed by atoms with E-state index in [1.807, 2.05) is 0 Å². The lowest BCUT2D eigenvalue weighted by molar-refractivity contribution is 0.0772. The van der Waals surface area contributed by atoms with E-state index in [2.05, 4.69) is 15.9 Å². The van der Waals surface area contributed by atoms with Crippen LogP contribution in [0.5, 0.6) is 0 Å². The number of ketones is 1. The van der Waals surface area contributed by atoms with Gasteiger partial charge in [-0.15, -0.1) is 0 Å². The first-order valence-corrected chi connectivity index (χ1v) is 6.06. The summed E-state index contributed by atoms with van der Waals surface area (Å²) >= 11 is 3.23. The van der Waals surface area contributed by atoms with Crippen molar-refractivity contribution in [3.05, 3.63) is 34.1 Å². The fourth-order valence-corrected chi connectivity index (χ4v) is 2.19. The smallest absolute Gasteiger partial charge is 0.168 e. The summed E-state index contributed by atoms with van der Waals surface area (Å²) in [4.78, 5) is 11.8. The van der Waals surface area contributed by atoms with Crippen LogP contribution in [0, 0.1) is 5.82 Å². The molecule has 1 heterocycles. The standard InChI is InChI=1S/C12H12BrFO2/c13-8-3-4-11(14)10(6-8)12(15)7-9-2-1-5-16-9/h3-4,6,9H,1-2,5,7H2. The van der Waals surface area contributed by atoms with Gasteiger partial charge in [0.2, 0.25) is 0 Å². The summed E-state index contributed by atoms with van der Waals surface area (Å²) in [6.07, 6.45) is 2.11. The minimum absolute atomic E-state index is 0.0362.